The molecular formula is C37H46N2O7. The van der Waals surface area contributed by atoms with Crippen molar-refractivity contribution in [3.8, 4) is 11.1 Å². The van der Waals surface area contributed by atoms with Crippen LogP contribution in [0.2, 0.25) is 0 Å². The molecule has 0 radical (unpaired) electrons. The highest BCUT2D eigenvalue weighted by Crippen LogP contribution is 2.39. The lowest BCUT2D eigenvalue weighted by Crippen LogP contribution is -2.42. The summed E-state index contributed by atoms with van der Waals surface area (Å²) in [4.78, 5) is 25.4. The number of carbonyl (C=O) groups is 2. The van der Waals surface area contributed by atoms with Gasteiger partial charge in [0.1, 0.15) is 0 Å². The molecule has 5 rings (SSSR count). The van der Waals surface area contributed by atoms with E-state index in [0.717, 1.165) is 72.3 Å². The summed E-state index contributed by atoms with van der Waals surface area (Å²) in [5.41, 5.74) is 5.99. The Morgan fingerprint density at radius 2 is 1.70 bits per heavy atom. The van der Waals surface area contributed by atoms with E-state index < -0.39 is 12.3 Å². The summed E-state index contributed by atoms with van der Waals surface area (Å²) < 4.78 is 18.7. The van der Waals surface area contributed by atoms with E-state index >= 15 is 0 Å². The molecule has 0 bridgehead atoms. The van der Waals surface area contributed by atoms with Crippen molar-refractivity contribution in [3.05, 3.63) is 95.1 Å². The Morgan fingerprint density at radius 3 is 2.43 bits per heavy atom. The minimum atomic E-state index is -0.837. The molecule has 0 aliphatic carbocycles. The lowest BCUT2D eigenvalue weighted by Gasteiger charge is -2.38. The van der Waals surface area contributed by atoms with Crippen molar-refractivity contribution < 1.29 is 34.0 Å². The van der Waals surface area contributed by atoms with Crippen molar-refractivity contribution in [2.45, 2.75) is 82.6 Å². The maximum absolute atomic E-state index is 12.2. The van der Waals surface area contributed by atoms with E-state index in [0.29, 0.717) is 31.8 Å². The van der Waals surface area contributed by atoms with Gasteiger partial charge in [-0.25, -0.2) is 0 Å². The van der Waals surface area contributed by atoms with Crippen LogP contribution in [0.15, 0.2) is 72.8 Å². The Labute approximate surface area is 271 Å². The predicted molar refractivity (Wildman–Crippen MR) is 175 cm³/mol. The molecule has 3 aromatic carbocycles. The van der Waals surface area contributed by atoms with Crippen molar-refractivity contribution in [2.75, 3.05) is 26.8 Å². The molecule has 9 nitrogen and oxygen atoms in total. The highest BCUT2D eigenvalue weighted by atomic mass is 16.7. The van der Waals surface area contributed by atoms with Gasteiger partial charge in [0.2, 0.25) is 5.91 Å². The Kier molecular flexibility index (Phi) is 12.3. The van der Waals surface area contributed by atoms with E-state index in [-0.39, 0.29) is 31.1 Å². The number of aliphatic carboxylic acids is 1. The number of unbranched alkanes of at least 4 members (excludes halogenated alkanes) is 1. The van der Waals surface area contributed by atoms with Crippen LogP contribution < -0.4 is 5.32 Å². The number of carboxylic acid groups (broad SMARTS) is 1. The lowest BCUT2D eigenvalue weighted by atomic mass is 9.98. The van der Waals surface area contributed by atoms with E-state index in [1.807, 2.05) is 36.4 Å². The Balaban J connectivity index is 1.25. The number of hydrogen-bond acceptors (Lipinski definition) is 7. The average Bonchev–Trinajstić information content (AvgIpc) is 3.52. The molecule has 246 valence electrons. The molecule has 3 aromatic rings. The molecular weight excluding hydrogens is 584 g/mol. The first kappa shape index (κ1) is 33.8. The Bertz CT molecular complexity index is 1410. The summed E-state index contributed by atoms with van der Waals surface area (Å²) in [7, 11) is 1.76. The zero-order valence-corrected chi connectivity index (χ0v) is 26.6. The SMILES string of the molecule is COC[C@@H]1CCCN1C[C@@H]1C[C@H](c2ccc(CO)cc2)O[C@H](c2ccc(-c3cccc(CNC(=O)CCCCC(=O)O)c3)cc2)O1. The number of likely N-dealkylation sites (tertiary alicyclic amines) is 1. The number of amides is 1. The van der Waals surface area contributed by atoms with Crippen molar-refractivity contribution in [1.29, 1.82) is 0 Å². The fraction of sp³-hybridized carbons (Fsp3) is 0.459. The topological polar surface area (TPSA) is 118 Å². The number of methoxy groups -OCH3 is 1. The molecule has 2 fully saturated rings. The van der Waals surface area contributed by atoms with Crippen LogP contribution in [0.1, 0.15) is 79.6 Å². The maximum atomic E-state index is 12.2. The monoisotopic (exact) mass is 630 g/mol. The largest absolute Gasteiger partial charge is 0.481 e. The van der Waals surface area contributed by atoms with Gasteiger partial charge in [-0.2, -0.15) is 0 Å². The molecule has 2 aliphatic rings. The summed E-state index contributed by atoms with van der Waals surface area (Å²) >= 11 is 0. The van der Waals surface area contributed by atoms with Crippen LogP contribution in [0.3, 0.4) is 0 Å². The summed E-state index contributed by atoms with van der Waals surface area (Å²) in [6.07, 6.45) is 3.84. The number of aliphatic hydroxyl groups excluding tert-OH is 1. The Hall–Kier alpha value is -3.60. The van der Waals surface area contributed by atoms with Crippen LogP contribution in [0.25, 0.3) is 11.1 Å². The first-order chi connectivity index (χ1) is 22.4. The van der Waals surface area contributed by atoms with Gasteiger partial charge >= 0.3 is 5.97 Å². The minimum Gasteiger partial charge on any atom is -0.481 e. The molecule has 0 spiro atoms. The lowest BCUT2D eigenvalue weighted by molar-refractivity contribution is -0.253. The van der Waals surface area contributed by atoms with Crippen LogP contribution in [-0.2, 0) is 37.0 Å². The molecule has 3 N–H and O–H groups in total. The average molecular weight is 631 g/mol. The number of benzene rings is 3. The highest BCUT2D eigenvalue weighted by molar-refractivity contribution is 5.76. The van der Waals surface area contributed by atoms with Crippen LogP contribution in [0.5, 0.6) is 0 Å². The van der Waals surface area contributed by atoms with Crippen LogP contribution in [-0.4, -0.2) is 65.9 Å². The fourth-order valence-corrected chi connectivity index (χ4v) is 6.36. The highest BCUT2D eigenvalue weighted by Gasteiger charge is 2.35. The second-order valence-electron chi connectivity index (χ2n) is 12.3. The molecule has 2 saturated heterocycles. The van der Waals surface area contributed by atoms with Gasteiger partial charge in [0.05, 0.1) is 25.4 Å². The first-order valence-electron chi connectivity index (χ1n) is 16.3. The van der Waals surface area contributed by atoms with E-state index in [1.54, 1.807) is 7.11 Å². The molecule has 9 heteroatoms. The van der Waals surface area contributed by atoms with Crippen molar-refractivity contribution in [3.63, 3.8) is 0 Å². The van der Waals surface area contributed by atoms with Crippen LogP contribution in [0.4, 0.5) is 0 Å². The van der Waals surface area contributed by atoms with Gasteiger partial charge in [-0.15, -0.1) is 0 Å². The summed E-state index contributed by atoms with van der Waals surface area (Å²) in [6, 6.07) is 24.7. The maximum Gasteiger partial charge on any atom is 0.303 e. The van der Waals surface area contributed by atoms with Gasteiger partial charge in [0, 0.05) is 51.1 Å². The zero-order valence-electron chi connectivity index (χ0n) is 26.6. The molecule has 46 heavy (non-hydrogen) atoms. The van der Waals surface area contributed by atoms with Gasteiger partial charge in [-0.1, -0.05) is 66.7 Å². The summed E-state index contributed by atoms with van der Waals surface area (Å²) in [5.74, 6) is -0.913. The van der Waals surface area contributed by atoms with E-state index in [4.69, 9.17) is 19.3 Å². The van der Waals surface area contributed by atoms with Crippen molar-refractivity contribution >= 4 is 11.9 Å². The number of nitrogens with one attached hydrogen (secondary N) is 1. The third-order valence-corrected chi connectivity index (χ3v) is 8.89. The van der Waals surface area contributed by atoms with Gasteiger partial charge in [0.15, 0.2) is 6.29 Å². The molecule has 2 heterocycles. The van der Waals surface area contributed by atoms with E-state index in [2.05, 4.69) is 46.6 Å². The number of rotatable bonds is 15. The molecule has 0 unspecified atom stereocenters. The molecule has 2 aliphatic heterocycles. The number of carbonyl (C=O) groups excluding carboxylic acids is 1. The predicted octanol–water partition coefficient (Wildman–Crippen LogP) is 5.76. The first-order valence-corrected chi connectivity index (χ1v) is 16.3. The third-order valence-electron chi connectivity index (χ3n) is 8.89. The number of hydrogen-bond donors (Lipinski definition) is 3. The van der Waals surface area contributed by atoms with Crippen LogP contribution in [0, 0.1) is 0 Å². The van der Waals surface area contributed by atoms with Crippen molar-refractivity contribution in [1.82, 2.24) is 10.2 Å². The Morgan fingerprint density at radius 1 is 0.935 bits per heavy atom. The van der Waals surface area contributed by atoms with Gasteiger partial charge in [-0.3, -0.25) is 14.5 Å². The number of nitrogens with zero attached hydrogens (tertiary/aromatic N) is 1. The van der Waals surface area contributed by atoms with E-state index in [9.17, 15) is 14.7 Å². The molecule has 4 atom stereocenters. The number of aliphatic hydroxyl groups is 1. The fourth-order valence-electron chi connectivity index (χ4n) is 6.36. The second kappa shape index (κ2) is 16.8. The molecule has 1 amide bonds. The molecule has 0 saturated carbocycles. The summed E-state index contributed by atoms with van der Waals surface area (Å²) in [6.45, 7) is 3.01. The van der Waals surface area contributed by atoms with Crippen LogP contribution >= 0.6 is 0 Å². The van der Waals surface area contributed by atoms with E-state index in [1.165, 1.54) is 0 Å². The van der Waals surface area contributed by atoms with Gasteiger partial charge < -0.3 is 29.7 Å². The third kappa shape index (κ3) is 9.47. The van der Waals surface area contributed by atoms with Gasteiger partial charge in [0.25, 0.3) is 0 Å². The summed E-state index contributed by atoms with van der Waals surface area (Å²) in [5, 5.41) is 21.2. The number of carboxylic acids is 1. The standard InChI is InChI=1S/C37H46N2O7/c1-44-25-32-8-5-19-39(32)23-33-21-34(29-13-11-26(24-40)12-14-29)46-37(45-33)30-17-15-28(16-18-30)31-7-4-6-27(20-31)22-38-35(41)9-2-3-10-36(42)43/h4,6-7,11-18,20,32-34,37,40H,2-3,5,8-10,19,21-25H2,1H3,(H,38,41)(H,42,43)/t32-,33-,34+,37+/m0/s1. The van der Waals surface area contributed by atoms with Gasteiger partial charge in [-0.05, 0) is 66.1 Å². The normalized spacial score (nSPS) is 21.7. The minimum absolute atomic E-state index is 0.0100. The molecule has 0 aromatic heterocycles. The smallest absolute Gasteiger partial charge is 0.303 e. The van der Waals surface area contributed by atoms with Crippen molar-refractivity contribution in [2.24, 2.45) is 0 Å². The zero-order chi connectivity index (χ0) is 32.3. The second-order valence-corrected chi connectivity index (χ2v) is 12.3. The quantitative estimate of drug-likeness (QED) is 0.182. The number of ether oxygens (including phenoxy) is 3.